The zero-order valence-corrected chi connectivity index (χ0v) is 20.7. The number of aliphatic hydroxyl groups is 1. The van der Waals surface area contributed by atoms with E-state index in [4.69, 9.17) is 21.1 Å². The molecule has 0 bridgehead atoms. The second-order valence-electron chi connectivity index (χ2n) is 8.16. The molecule has 184 valence electrons. The van der Waals surface area contributed by atoms with Crippen LogP contribution in [0.3, 0.4) is 0 Å². The van der Waals surface area contributed by atoms with Gasteiger partial charge in [0.15, 0.2) is 0 Å². The fraction of sp³-hybridized carbons (Fsp3) is 0.179. The van der Waals surface area contributed by atoms with Gasteiger partial charge in [0.1, 0.15) is 11.5 Å². The van der Waals surface area contributed by atoms with Crippen LogP contribution >= 0.6 is 11.6 Å². The number of anilines is 1. The summed E-state index contributed by atoms with van der Waals surface area (Å²) in [6.07, 6.45) is 0.811. The summed E-state index contributed by atoms with van der Waals surface area (Å²) in [5.74, 6) is -2.23. The highest BCUT2D eigenvalue weighted by Crippen LogP contribution is 2.43. The highest BCUT2D eigenvalue weighted by Gasteiger charge is 2.47. The van der Waals surface area contributed by atoms with E-state index in [0.29, 0.717) is 17.0 Å². The SMILES string of the molecule is CCc1ccc(C2/C(=C(\O)c3ccc(OC)c(Cl)c3)C(=O)C(=O)N2c2cccc(C(=O)OC)c2)cc1. The predicted octanol–water partition coefficient (Wildman–Crippen LogP) is 5.32. The minimum absolute atomic E-state index is 0.0889. The summed E-state index contributed by atoms with van der Waals surface area (Å²) in [7, 11) is 2.73. The number of carbonyl (C=O) groups excluding carboxylic acids is 3. The molecule has 0 aromatic heterocycles. The topological polar surface area (TPSA) is 93.1 Å². The second-order valence-corrected chi connectivity index (χ2v) is 8.56. The molecular weight excluding hydrogens is 482 g/mol. The van der Waals surface area contributed by atoms with Crippen LogP contribution in [0.5, 0.6) is 5.75 Å². The largest absolute Gasteiger partial charge is 0.507 e. The predicted molar refractivity (Wildman–Crippen MR) is 136 cm³/mol. The number of ether oxygens (including phenoxy) is 2. The number of carbonyl (C=O) groups is 3. The van der Waals surface area contributed by atoms with Crippen LogP contribution in [0.1, 0.15) is 40.0 Å². The summed E-state index contributed by atoms with van der Waals surface area (Å²) < 4.78 is 9.98. The third-order valence-corrected chi connectivity index (χ3v) is 6.41. The number of benzene rings is 3. The number of ketones is 1. The van der Waals surface area contributed by atoms with Gasteiger partial charge in [0, 0.05) is 11.3 Å². The zero-order chi connectivity index (χ0) is 26.0. The minimum Gasteiger partial charge on any atom is -0.507 e. The van der Waals surface area contributed by atoms with Crippen LogP contribution in [0, 0.1) is 0 Å². The Balaban J connectivity index is 1.93. The quantitative estimate of drug-likeness (QED) is 0.211. The lowest BCUT2D eigenvalue weighted by Gasteiger charge is -2.26. The van der Waals surface area contributed by atoms with E-state index in [1.807, 2.05) is 31.2 Å². The smallest absolute Gasteiger partial charge is 0.337 e. The highest BCUT2D eigenvalue weighted by atomic mass is 35.5. The lowest BCUT2D eigenvalue weighted by Crippen LogP contribution is -2.29. The molecule has 1 amide bonds. The standard InChI is InChI=1S/C28H24ClNO6/c1-4-16-8-10-17(11-9-16)24-23(25(31)18-12-13-22(35-2)21(29)15-18)26(32)27(33)30(24)20-7-5-6-19(14-20)28(34)36-3/h5-15,24,31H,4H2,1-3H3/b25-23+. The number of methoxy groups -OCH3 is 2. The Kier molecular flexibility index (Phi) is 7.12. The molecule has 1 atom stereocenters. The van der Waals surface area contributed by atoms with E-state index in [-0.39, 0.29) is 27.5 Å². The van der Waals surface area contributed by atoms with Crippen LogP contribution in [0.15, 0.2) is 72.3 Å². The number of hydrogen-bond donors (Lipinski definition) is 1. The number of rotatable bonds is 6. The van der Waals surface area contributed by atoms with Gasteiger partial charge in [0.25, 0.3) is 11.7 Å². The van der Waals surface area contributed by atoms with Crippen LogP contribution < -0.4 is 9.64 Å². The highest BCUT2D eigenvalue weighted by molar-refractivity contribution is 6.51. The van der Waals surface area contributed by atoms with Crippen molar-refractivity contribution < 1.29 is 29.0 Å². The normalized spacial score (nSPS) is 16.8. The van der Waals surface area contributed by atoms with Crippen molar-refractivity contribution in [2.45, 2.75) is 19.4 Å². The average molecular weight is 506 g/mol. The van der Waals surface area contributed by atoms with Gasteiger partial charge in [-0.3, -0.25) is 14.5 Å². The van der Waals surface area contributed by atoms with E-state index < -0.39 is 23.7 Å². The Morgan fingerprint density at radius 3 is 2.33 bits per heavy atom. The Morgan fingerprint density at radius 2 is 1.72 bits per heavy atom. The number of esters is 1. The molecule has 8 heteroatoms. The third kappa shape index (κ3) is 4.45. The van der Waals surface area contributed by atoms with Crippen LogP contribution in [0.25, 0.3) is 5.76 Å². The van der Waals surface area contributed by atoms with Crippen molar-refractivity contribution in [3.8, 4) is 5.75 Å². The molecule has 0 radical (unpaired) electrons. The Bertz CT molecular complexity index is 1380. The molecule has 0 saturated carbocycles. The molecule has 1 N–H and O–H groups in total. The summed E-state index contributed by atoms with van der Waals surface area (Å²) in [6.45, 7) is 2.02. The number of amides is 1. The molecule has 1 heterocycles. The minimum atomic E-state index is -0.940. The third-order valence-electron chi connectivity index (χ3n) is 6.12. The first-order valence-electron chi connectivity index (χ1n) is 11.2. The van der Waals surface area contributed by atoms with Gasteiger partial charge in [-0.25, -0.2) is 4.79 Å². The van der Waals surface area contributed by atoms with Gasteiger partial charge in [0.05, 0.1) is 36.4 Å². The van der Waals surface area contributed by atoms with E-state index in [2.05, 4.69) is 0 Å². The van der Waals surface area contributed by atoms with Crippen molar-refractivity contribution >= 4 is 40.7 Å². The molecule has 3 aromatic carbocycles. The second kappa shape index (κ2) is 10.3. The maximum Gasteiger partial charge on any atom is 0.337 e. The number of hydrogen-bond acceptors (Lipinski definition) is 6. The first kappa shape index (κ1) is 25.0. The maximum absolute atomic E-state index is 13.3. The van der Waals surface area contributed by atoms with E-state index in [1.165, 1.54) is 31.3 Å². The van der Waals surface area contributed by atoms with E-state index in [9.17, 15) is 19.5 Å². The van der Waals surface area contributed by atoms with Gasteiger partial charge < -0.3 is 14.6 Å². The number of nitrogens with zero attached hydrogens (tertiary/aromatic N) is 1. The van der Waals surface area contributed by atoms with Gasteiger partial charge >= 0.3 is 5.97 Å². The van der Waals surface area contributed by atoms with Gasteiger partial charge in [-0.05, 0) is 53.9 Å². The Hall–Kier alpha value is -4.10. The zero-order valence-electron chi connectivity index (χ0n) is 19.9. The molecule has 1 unspecified atom stereocenters. The molecule has 0 spiro atoms. The van der Waals surface area contributed by atoms with Gasteiger partial charge in [-0.1, -0.05) is 48.9 Å². The molecular formula is C28H24ClNO6. The molecule has 4 rings (SSSR count). The van der Waals surface area contributed by atoms with Crippen molar-refractivity contribution in [2.75, 3.05) is 19.1 Å². The van der Waals surface area contributed by atoms with Crippen LogP contribution in [-0.2, 0) is 20.7 Å². The molecule has 0 aliphatic carbocycles. The number of aryl methyl sites for hydroxylation is 1. The number of aliphatic hydroxyl groups excluding tert-OH is 1. The molecule has 7 nitrogen and oxygen atoms in total. The molecule has 1 fully saturated rings. The summed E-state index contributed by atoms with van der Waals surface area (Å²) in [5, 5.41) is 11.5. The van der Waals surface area contributed by atoms with Crippen molar-refractivity contribution in [2.24, 2.45) is 0 Å². The van der Waals surface area contributed by atoms with E-state index >= 15 is 0 Å². The first-order valence-corrected chi connectivity index (χ1v) is 11.6. The lowest BCUT2D eigenvalue weighted by atomic mass is 9.94. The van der Waals surface area contributed by atoms with E-state index in [1.54, 1.807) is 30.3 Å². The van der Waals surface area contributed by atoms with Gasteiger partial charge in [0.2, 0.25) is 0 Å². The van der Waals surface area contributed by atoms with Crippen LogP contribution in [0.2, 0.25) is 5.02 Å². The summed E-state index contributed by atoms with van der Waals surface area (Å²) >= 11 is 6.25. The molecule has 1 aliphatic heterocycles. The fourth-order valence-electron chi connectivity index (χ4n) is 4.22. The van der Waals surface area contributed by atoms with Gasteiger partial charge in [-0.15, -0.1) is 0 Å². The number of Topliss-reactive ketones (excluding diaryl/α,β-unsaturated/α-hetero) is 1. The molecule has 1 saturated heterocycles. The number of halogens is 1. The first-order chi connectivity index (χ1) is 17.3. The summed E-state index contributed by atoms with van der Waals surface area (Å²) in [4.78, 5) is 40.1. The van der Waals surface area contributed by atoms with Crippen LogP contribution in [0.4, 0.5) is 5.69 Å². The molecule has 1 aliphatic rings. The molecule has 36 heavy (non-hydrogen) atoms. The summed E-state index contributed by atoms with van der Waals surface area (Å²) in [5.41, 5.74) is 2.41. The average Bonchev–Trinajstić information content (AvgIpc) is 3.17. The Labute approximate surface area is 213 Å². The van der Waals surface area contributed by atoms with E-state index in [0.717, 1.165) is 12.0 Å². The van der Waals surface area contributed by atoms with Gasteiger partial charge in [-0.2, -0.15) is 0 Å². The van der Waals surface area contributed by atoms with Crippen molar-refractivity contribution in [3.63, 3.8) is 0 Å². The fourth-order valence-corrected chi connectivity index (χ4v) is 4.48. The molecule has 3 aromatic rings. The monoisotopic (exact) mass is 505 g/mol. The van der Waals surface area contributed by atoms with Crippen molar-refractivity contribution in [1.82, 2.24) is 0 Å². The summed E-state index contributed by atoms with van der Waals surface area (Å²) in [6, 6.07) is 17.4. The van der Waals surface area contributed by atoms with Crippen molar-refractivity contribution in [3.05, 3.63) is 99.6 Å². The van der Waals surface area contributed by atoms with Crippen LogP contribution in [-0.4, -0.2) is 37.0 Å². The Morgan fingerprint density at radius 1 is 1.00 bits per heavy atom. The lowest BCUT2D eigenvalue weighted by molar-refractivity contribution is -0.132. The maximum atomic E-state index is 13.3. The van der Waals surface area contributed by atoms with Crippen molar-refractivity contribution in [1.29, 1.82) is 0 Å².